The molecule has 2 heterocycles. The molecule has 4 rings (SSSR count). The standard InChI is InChI=1S/C11H9ClN4O3.C7H4Cl2O.C4H6N4O2.CH4/c12-7-4-2-1-3-6(7)10(19)16-11(13)14-9(15-16)8(18)5-17;8-6-4-2-1-3-5(6)7(9)10;5-4-6-3(7-8-4)2(10)1-9;/h1-4,17H,5H2,(H2,13,14,15);1-4H;9H,1H2,(H3,5,6,7,8);1H4. The van der Waals surface area contributed by atoms with Gasteiger partial charge in [-0.3, -0.25) is 24.3 Å². The molecule has 0 radical (unpaired) electrons. The third-order valence-electron chi connectivity index (χ3n) is 4.32. The van der Waals surface area contributed by atoms with Crippen molar-refractivity contribution in [2.45, 2.75) is 7.43 Å². The van der Waals surface area contributed by atoms with Crippen molar-refractivity contribution >= 4 is 69.4 Å². The van der Waals surface area contributed by atoms with Crippen LogP contribution >= 0.6 is 34.8 Å². The zero-order valence-electron chi connectivity index (χ0n) is 19.6. The van der Waals surface area contributed by atoms with Crippen LogP contribution in [0.1, 0.15) is 49.4 Å². The second-order valence-electron chi connectivity index (χ2n) is 6.95. The molecule has 4 aromatic rings. The van der Waals surface area contributed by atoms with Crippen molar-refractivity contribution in [3.05, 3.63) is 81.4 Å². The van der Waals surface area contributed by atoms with Gasteiger partial charge in [0.2, 0.25) is 29.3 Å². The van der Waals surface area contributed by atoms with Crippen LogP contribution in [-0.4, -0.2) is 76.1 Å². The lowest BCUT2D eigenvalue weighted by Crippen LogP contribution is -2.17. The molecular formula is C23H23Cl3N8O6. The molecule has 0 saturated carbocycles. The third kappa shape index (κ3) is 9.21. The number of ketones is 2. The first-order chi connectivity index (χ1) is 18.5. The van der Waals surface area contributed by atoms with Gasteiger partial charge in [0.05, 0.1) is 21.2 Å². The van der Waals surface area contributed by atoms with E-state index in [-0.39, 0.29) is 41.6 Å². The minimum absolute atomic E-state index is 0. The molecule has 0 aliphatic heterocycles. The number of anilines is 2. The van der Waals surface area contributed by atoms with Crippen LogP contribution in [0.3, 0.4) is 0 Å². The molecule has 0 unspecified atom stereocenters. The van der Waals surface area contributed by atoms with E-state index in [9.17, 15) is 19.2 Å². The summed E-state index contributed by atoms with van der Waals surface area (Å²) >= 11 is 16.7. The first kappa shape index (κ1) is 33.8. The Morgan fingerprint density at radius 3 is 1.80 bits per heavy atom. The molecule has 0 saturated heterocycles. The highest BCUT2D eigenvalue weighted by atomic mass is 35.5. The van der Waals surface area contributed by atoms with Gasteiger partial charge in [-0.1, -0.05) is 54.9 Å². The van der Waals surface area contributed by atoms with Gasteiger partial charge in [0, 0.05) is 0 Å². The van der Waals surface area contributed by atoms with Crippen molar-refractivity contribution in [2.75, 3.05) is 24.7 Å². The highest BCUT2D eigenvalue weighted by Gasteiger charge is 2.20. The highest BCUT2D eigenvalue weighted by molar-refractivity contribution is 6.68. The molecule has 40 heavy (non-hydrogen) atoms. The van der Waals surface area contributed by atoms with Crippen LogP contribution in [0.15, 0.2) is 48.5 Å². The molecule has 17 heteroatoms. The topological polar surface area (TPSA) is 233 Å². The number of Topliss-reactive ketones (excluding diaryl/α,β-unsaturated/α-hetero) is 2. The van der Waals surface area contributed by atoms with Crippen LogP contribution in [-0.2, 0) is 0 Å². The van der Waals surface area contributed by atoms with E-state index in [2.05, 4.69) is 25.3 Å². The largest absolute Gasteiger partial charge is 0.388 e. The molecule has 0 fully saturated rings. The van der Waals surface area contributed by atoms with Crippen molar-refractivity contribution in [1.29, 1.82) is 0 Å². The van der Waals surface area contributed by atoms with Crippen LogP contribution in [0.2, 0.25) is 10.0 Å². The van der Waals surface area contributed by atoms with Crippen molar-refractivity contribution in [3.8, 4) is 0 Å². The maximum absolute atomic E-state index is 12.1. The van der Waals surface area contributed by atoms with Crippen LogP contribution < -0.4 is 11.5 Å². The van der Waals surface area contributed by atoms with E-state index < -0.39 is 35.9 Å². The summed E-state index contributed by atoms with van der Waals surface area (Å²) in [7, 11) is 0. The maximum atomic E-state index is 12.1. The summed E-state index contributed by atoms with van der Waals surface area (Å²) in [6.07, 6.45) is 0. The highest BCUT2D eigenvalue weighted by Crippen LogP contribution is 2.17. The molecule has 2 aromatic carbocycles. The van der Waals surface area contributed by atoms with E-state index in [4.69, 9.17) is 56.5 Å². The Balaban J connectivity index is 0.000000324. The van der Waals surface area contributed by atoms with Crippen LogP contribution in [0, 0.1) is 0 Å². The van der Waals surface area contributed by atoms with Crippen LogP contribution in [0.5, 0.6) is 0 Å². The van der Waals surface area contributed by atoms with E-state index in [1.165, 1.54) is 6.07 Å². The molecular weight excluding hydrogens is 591 g/mol. The SMILES string of the molecule is C.Nc1n[nH]c(C(=O)CO)n1.Nc1nc(C(=O)CO)nn1C(=O)c1ccccc1Cl.O=C(Cl)c1ccccc1Cl. The number of nitrogens with two attached hydrogens (primary N) is 2. The molecule has 0 amide bonds. The fourth-order valence-corrected chi connectivity index (χ4v) is 3.16. The van der Waals surface area contributed by atoms with Crippen molar-refractivity contribution in [1.82, 2.24) is 29.9 Å². The lowest BCUT2D eigenvalue weighted by Gasteiger charge is -2.03. The molecule has 7 N–H and O–H groups in total. The van der Waals surface area contributed by atoms with Gasteiger partial charge in [0.1, 0.15) is 13.2 Å². The first-order valence-electron chi connectivity index (χ1n) is 10.4. The number of rotatable bonds is 6. The lowest BCUT2D eigenvalue weighted by molar-refractivity contribution is 0.0885. The monoisotopic (exact) mass is 612 g/mol. The predicted molar refractivity (Wildman–Crippen MR) is 148 cm³/mol. The summed E-state index contributed by atoms with van der Waals surface area (Å²) in [6.45, 7) is -1.35. The van der Waals surface area contributed by atoms with Gasteiger partial charge in [0.25, 0.3) is 11.1 Å². The van der Waals surface area contributed by atoms with Gasteiger partial charge >= 0.3 is 0 Å². The Morgan fingerprint density at radius 2 is 1.38 bits per heavy atom. The summed E-state index contributed by atoms with van der Waals surface area (Å²) in [5.41, 5.74) is 11.1. The number of nitrogens with zero attached hydrogens (tertiary/aromatic N) is 5. The van der Waals surface area contributed by atoms with E-state index in [0.29, 0.717) is 10.6 Å². The van der Waals surface area contributed by atoms with Gasteiger partial charge in [0.15, 0.2) is 5.82 Å². The summed E-state index contributed by atoms with van der Waals surface area (Å²) in [5.74, 6) is -2.44. The average Bonchev–Trinajstić information content (AvgIpc) is 3.54. The zero-order valence-corrected chi connectivity index (χ0v) is 21.9. The maximum Gasteiger partial charge on any atom is 0.282 e. The molecule has 0 atom stereocenters. The van der Waals surface area contributed by atoms with Gasteiger partial charge < -0.3 is 21.7 Å². The van der Waals surface area contributed by atoms with Crippen LogP contribution in [0.4, 0.5) is 11.9 Å². The number of hydrogen-bond donors (Lipinski definition) is 5. The normalized spacial score (nSPS) is 9.72. The zero-order chi connectivity index (χ0) is 29.1. The van der Waals surface area contributed by atoms with Gasteiger partial charge in [-0.05, 0) is 35.9 Å². The number of carbonyl (C=O) groups is 4. The Kier molecular flexibility index (Phi) is 13.5. The lowest BCUT2D eigenvalue weighted by atomic mass is 10.2. The Bertz CT molecular complexity index is 1490. The summed E-state index contributed by atoms with van der Waals surface area (Å²) < 4.78 is 0.768. The smallest absolute Gasteiger partial charge is 0.282 e. The minimum Gasteiger partial charge on any atom is -0.388 e. The number of carbonyl (C=O) groups excluding carboxylic acids is 4. The van der Waals surface area contributed by atoms with Gasteiger partial charge in [-0.25, -0.2) is 0 Å². The number of nitrogen functional groups attached to an aromatic ring is 2. The van der Waals surface area contributed by atoms with Crippen molar-refractivity contribution < 1.29 is 29.4 Å². The molecule has 0 spiro atoms. The average molecular weight is 614 g/mol. The number of aliphatic hydroxyl groups excluding tert-OH is 2. The quantitative estimate of drug-likeness (QED) is 0.156. The second-order valence-corrected chi connectivity index (χ2v) is 8.11. The third-order valence-corrected chi connectivity index (χ3v) is 5.18. The molecule has 0 aliphatic rings. The van der Waals surface area contributed by atoms with E-state index in [0.717, 1.165) is 4.68 Å². The second kappa shape index (κ2) is 16.0. The van der Waals surface area contributed by atoms with E-state index in [1.807, 2.05) is 0 Å². The molecule has 2 aromatic heterocycles. The summed E-state index contributed by atoms with van der Waals surface area (Å²) in [6, 6.07) is 13.0. The van der Waals surface area contributed by atoms with E-state index >= 15 is 0 Å². The Morgan fingerprint density at radius 1 is 0.850 bits per heavy atom. The molecule has 0 aliphatic carbocycles. The summed E-state index contributed by atoms with van der Waals surface area (Å²) in [5, 5.41) is 26.4. The number of hydrogen-bond acceptors (Lipinski definition) is 12. The van der Waals surface area contributed by atoms with Gasteiger partial charge in [-0.2, -0.15) is 14.6 Å². The van der Waals surface area contributed by atoms with Gasteiger partial charge in [-0.15, -0.1) is 10.2 Å². The Hall–Kier alpha value is -4.21. The Labute approximate surface area is 241 Å². The minimum atomic E-state index is -0.760. The predicted octanol–water partition coefficient (Wildman–Crippen LogP) is 2.29. The first-order valence-corrected chi connectivity index (χ1v) is 11.6. The molecule has 212 valence electrons. The number of nitrogens with one attached hydrogen (secondary N) is 1. The van der Waals surface area contributed by atoms with E-state index in [1.54, 1.807) is 42.5 Å². The number of aliphatic hydroxyl groups is 2. The van der Waals surface area contributed by atoms with Crippen molar-refractivity contribution in [2.24, 2.45) is 0 Å². The number of H-pyrrole nitrogens is 1. The number of halogens is 3. The number of aromatic nitrogens is 6. The summed E-state index contributed by atoms with van der Waals surface area (Å²) in [4.78, 5) is 51.6. The number of benzene rings is 2. The molecule has 14 nitrogen and oxygen atoms in total. The number of aromatic amines is 1. The molecule has 0 bridgehead atoms. The fourth-order valence-electron chi connectivity index (χ4n) is 2.51. The van der Waals surface area contributed by atoms with Crippen LogP contribution in [0.25, 0.3) is 0 Å². The van der Waals surface area contributed by atoms with Crippen molar-refractivity contribution in [3.63, 3.8) is 0 Å². The fraction of sp³-hybridized carbons (Fsp3) is 0.130.